The zero-order valence-electron chi connectivity index (χ0n) is 12.8. The van der Waals surface area contributed by atoms with Crippen molar-refractivity contribution >= 4 is 39.0 Å². The lowest BCUT2D eigenvalue weighted by Gasteiger charge is -2.32. The summed E-state index contributed by atoms with van der Waals surface area (Å²) in [5.41, 5.74) is 0. The van der Waals surface area contributed by atoms with Gasteiger partial charge in [-0.05, 0) is 47.0 Å². The minimum absolute atomic E-state index is 0.124. The van der Waals surface area contributed by atoms with Crippen molar-refractivity contribution in [2.45, 2.75) is 18.9 Å². The van der Waals surface area contributed by atoms with E-state index in [4.69, 9.17) is 4.74 Å². The molecule has 0 spiro atoms. The molecule has 1 aliphatic rings. The fourth-order valence-corrected chi connectivity index (χ4v) is 3.99. The molecule has 1 fully saturated rings. The predicted octanol–water partition coefficient (Wildman–Crippen LogP) is 3.63. The lowest BCUT2D eigenvalue weighted by Crippen LogP contribution is -2.42. The number of carbonyl (C=O) groups excluding carboxylic acids is 1. The number of hydrogen-bond donors (Lipinski definition) is 1. The van der Waals surface area contributed by atoms with E-state index < -0.39 is 0 Å². The van der Waals surface area contributed by atoms with E-state index in [9.17, 15) is 4.79 Å². The van der Waals surface area contributed by atoms with Crippen LogP contribution in [0.15, 0.2) is 34.2 Å². The molecule has 1 saturated heterocycles. The van der Waals surface area contributed by atoms with E-state index in [1.807, 2.05) is 29.2 Å². The van der Waals surface area contributed by atoms with E-state index >= 15 is 0 Å². The Balaban J connectivity index is 1.55. The number of likely N-dealkylation sites (tertiary alicyclic amines) is 1. The Bertz CT molecular complexity index is 683. The first-order valence-electron chi connectivity index (χ1n) is 7.47. The molecule has 2 aromatic heterocycles. The van der Waals surface area contributed by atoms with Crippen LogP contribution in [0.4, 0.5) is 5.82 Å². The van der Waals surface area contributed by atoms with E-state index in [1.165, 1.54) is 11.3 Å². The number of methoxy groups -OCH3 is 1. The molecule has 0 radical (unpaired) electrons. The Morgan fingerprint density at radius 1 is 1.39 bits per heavy atom. The molecule has 0 saturated carbocycles. The van der Waals surface area contributed by atoms with Gasteiger partial charge in [-0.15, -0.1) is 11.3 Å². The molecule has 0 unspecified atom stereocenters. The fourth-order valence-electron chi connectivity index (χ4n) is 2.64. The molecule has 1 aliphatic heterocycles. The molecule has 0 bridgehead atoms. The third-order valence-corrected chi connectivity index (χ3v) is 5.50. The van der Waals surface area contributed by atoms with Crippen molar-refractivity contribution in [2.75, 3.05) is 25.5 Å². The van der Waals surface area contributed by atoms with Gasteiger partial charge in [0.25, 0.3) is 5.91 Å². The van der Waals surface area contributed by atoms with Crippen molar-refractivity contribution < 1.29 is 9.53 Å². The monoisotopic (exact) mass is 395 g/mol. The molecule has 23 heavy (non-hydrogen) atoms. The number of hydrogen-bond acceptors (Lipinski definition) is 5. The minimum atomic E-state index is 0.124. The normalized spacial score (nSPS) is 15.5. The summed E-state index contributed by atoms with van der Waals surface area (Å²) in [5, 5.41) is 3.42. The molecular formula is C16H18BrN3O2S. The van der Waals surface area contributed by atoms with Gasteiger partial charge in [-0.1, -0.05) is 0 Å². The lowest BCUT2D eigenvalue weighted by atomic mass is 10.0. The molecule has 122 valence electrons. The van der Waals surface area contributed by atoms with Crippen LogP contribution in [0.3, 0.4) is 0 Å². The molecule has 0 aliphatic carbocycles. The van der Waals surface area contributed by atoms with Crippen molar-refractivity contribution in [3.05, 3.63) is 39.1 Å². The van der Waals surface area contributed by atoms with E-state index in [-0.39, 0.29) is 5.91 Å². The standard InChI is InChI=1S/C16H18BrN3O2S/c1-22-12-4-7-18-15(10-12)19-11-5-8-20(9-6-11)16(21)13-2-3-14(17)23-13/h2-4,7,10-11H,5-6,8-9H2,1H3,(H,18,19). The summed E-state index contributed by atoms with van der Waals surface area (Å²) < 4.78 is 6.20. The Morgan fingerprint density at radius 3 is 2.83 bits per heavy atom. The quantitative estimate of drug-likeness (QED) is 0.858. The number of anilines is 1. The summed E-state index contributed by atoms with van der Waals surface area (Å²) in [6.45, 7) is 1.52. The van der Waals surface area contributed by atoms with Gasteiger partial charge < -0.3 is 15.0 Å². The number of nitrogens with one attached hydrogen (secondary N) is 1. The summed E-state index contributed by atoms with van der Waals surface area (Å²) in [6, 6.07) is 7.84. The second-order valence-electron chi connectivity index (χ2n) is 5.40. The predicted molar refractivity (Wildman–Crippen MR) is 95.4 cm³/mol. The number of amides is 1. The highest BCUT2D eigenvalue weighted by atomic mass is 79.9. The maximum absolute atomic E-state index is 12.4. The number of aromatic nitrogens is 1. The summed E-state index contributed by atoms with van der Waals surface area (Å²) in [6.07, 6.45) is 3.56. The molecule has 0 atom stereocenters. The fraction of sp³-hybridized carbons (Fsp3) is 0.375. The van der Waals surface area contributed by atoms with Crippen molar-refractivity contribution in [1.29, 1.82) is 0 Å². The lowest BCUT2D eigenvalue weighted by molar-refractivity contribution is 0.0723. The number of ether oxygens (including phenoxy) is 1. The van der Waals surface area contributed by atoms with Crippen molar-refractivity contribution in [1.82, 2.24) is 9.88 Å². The number of thiophene rings is 1. The minimum Gasteiger partial charge on any atom is -0.497 e. The molecular weight excluding hydrogens is 378 g/mol. The van der Waals surface area contributed by atoms with Gasteiger partial charge in [-0.3, -0.25) is 4.79 Å². The average Bonchev–Trinajstić information content (AvgIpc) is 3.01. The summed E-state index contributed by atoms with van der Waals surface area (Å²) >= 11 is 4.89. The first-order chi connectivity index (χ1) is 11.2. The molecule has 7 heteroatoms. The van der Waals surface area contributed by atoms with E-state index in [1.54, 1.807) is 13.3 Å². The summed E-state index contributed by atoms with van der Waals surface area (Å²) in [4.78, 5) is 19.5. The van der Waals surface area contributed by atoms with E-state index in [2.05, 4.69) is 26.2 Å². The first kappa shape index (κ1) is 16.3. The first-order valence-corrected chi connectivity index (χ1v) is 9.08. The van der Waals surface area contributed by atoms with Crippen LogP contribution in [0.5, 0.6) is 5.75 Å². The Labute approximate surface area is 147 Å². The van der Waals surface area contributed by atoms with Crippen LogP contribution in [-0.4, -0.2) is 42.0 Å². The van der Waals surface area contributed by atoms with Crippen LogP contribution < -0.4 is 10.1 Å². The topological polar surface area (TPSA) is 54.5 Å². The summed E-state index contributed by atoms with van der Waals surface area (Å²) in [5.74, 6) is 1.73. The second kappa shape index (κ2) is 7.31. The highest BCUT2D eigenvalue weighted by Crippen LogP contribution is 2.25. The largest absolute Gasteiger partial charge is 0.497 e. The number of carbonyl (C=O) groups is 1. The van der Waals surface area contributed by atoms with Crippen LogP contribution in [-0.2, 0) is 0 Å². The molecule has 3 heterocycles. The van der Waals surface area contributed by atoms with Gasteiger partial charge in [0.2, 0.25) is 0 Å². The zero-order valence-corrected chi connectivity index (χ0v) is 15.2. The molecule has 3 rings (SSSR count). The zero-order chi connectivity index (χ0) is 16.2. The van der Waals surface area contributed by atoms with Gasteiger partial charge in [0, 0.05) is 31.4 Å². The maximum Gasteiger partial charge on any atom is 0.263 e. The van der Waals surface area contributed by atoms with Crippen LogP contribution in [0, 0.1) is 0 Å². The highest BCUT2D eigenvalue weighted by Gasteiger charge is 2.24. The van der Waals surface area contributed by atoms with Gasteiger partial charge in [-0.2, -0.15) is 0 Å². The van der Waals surface area contributed by atoms with Crippen LogP contribution in [0.2, 0.25) is 0 Å². The van der Waals surface area contributed by atoms with Gasteiger partial charge in [0.15, 0.2) is 0 Å². The number of pyridine rings is 1. The van der Waals surface area contributed by atoms with E-state index in [0.29, 0.717) is 6.04 Å². The van der Waals surface area contributed by atoms with Crippen molar-refractivity contribution in [2.24, 2.45) is 0 Å². The second-order valence-corrected chi connectivity index (χ2v) is 7.86. The van der Waals surface area contributed by atoms with Crippen LogP contribution >= 0.6 is 27.3 Å². The van der Waals surface area contributed by atoms with Gasteiger partial charge in [0.1, 0.15) is 11.6 Å². The summed E-state index contributed by atoms with van der Waals surface area (Å²) in [7, 11) is 1.64. The third kappa shape index (κ3) is 4.03. The number of piperidine rings is 1. The van der Waals surface area contributed by atoms with E-state index in [0.717, 1.165) is 46.2 Å². The number of halogens is 1. The Morgan fingerprint density at radius 2 is 2.17 bits per heavy atom. The highest BCUT2D eigenvalue weighted by molar-refractivity contribution is 9.11. The number of nitrogens with zero attached hydrogens (tertiary/aromatic N) is 2. The average molecular weight is 396 g/mol. The van der Waals surface area contributed by atoms with Crippen LogP contribution in [0.1, 0.15) is 22.5 Å². The van der Waals surface area contributed by atoms with Crippen LogP contribution in [0.25, 0.3) is 0 Å². The Kier molecular flexibility index (Phi) is 5.17. The smallest absolute Gasteiger partial charge is 0.263 e. The maximum atomic E-state index is 12.4. The van der Waals surface area contributed by atoms with Gasteiger partial charge in [0.05, 0.1) is 15.8 Å². The molecule has 2 aromatic rings. The molecule has 1 amide bonds. The van der Waals surface area contributed by atoms with Crippen molar-refractivity contribution in [3.8, 4) is 5.75 Å². The Hall–Kier alpha value is -1.60. The number of rotatable bonds is 4. The molecule has 0 aromatic carbocycles. The molecule has 5 nitrogen and oxygen atoms in total. The molecule has 1 N–H and O–H groups in total. The van der Waals surface area contributed by atoms with Gasteiger partial charge >= 0.3 is 0 Å². The SMILES string of the molecule is COc1ccnc(NC2CCN(C(=O)c3ccc(Br)s3)CC2)c1. The third-order valence-electron chi connectivity index (χ3n) is 3.89. The van der Waals surface area contributed by atoms with Crippen molar-refractivity contribution in [3.63, 3.8) is 0 Å². The van der Waals surface area contributed by atoms with Gasteiger partial charge in [-0.25, -0.2) is 4.98 Å².